The number of nitrogens with two attached hydrogens (primary N) is 1. The predicted molar refractivity (Wildman–Crippen MR) is 52.0 cm³/mol. The van der Waals surface area contributed by atoms with Gasteiger partial charge in [-0.2, -0.15) is 0 Å². The number of ether oxygens (including phenoxy) is 1. The fourth-order valence-electron chi connectivity index (χ4n) is 1.47. The van der Waals surface area contributed by atoms with Crippen molar-refractivity contribution in [3.63, 3.8) is 0 Å². The van der Waals surface area contributed by atoms with E-state index < -0.39 is 15.9 Å². The van der Waals surface area contributed by atoms with Crippen molar-refractivity contribution < 1.29 is 13.2 Å². The maximum absolute atomic E-state index is 11.7. The molecular formula is C9H11NO3S. The van der Waals surface area contributed by atoms with Crippen LogP contribution >= 0.6 is 0 Å². The first kappa shape index (κ1) is 9.48. The zero-order valence-corrected chi connectivity index (χ0v) is 8.33. The Kier molecular flexibility index (Phi) is 2.20. The third kappa shape index (κ3) is 1.49. The van der Waals surface area contributed by atoms with Gasteiger partial charge in [0.1, 0.15) is 16.7 Å². The van der Waals surface area contributed by atoms with Gasteiger partial charge in [0.2, 0.25) is 0 Å². The molecule has 0 bridgehead atoms. The van der Waals surface area contributed by atoms with Gasteiger partial charge in [0, 0.05) is 6.54 Å². The molecular weight excluding hydrogens is 202 g/mol. The highest BCUT2D eigenvalue weighted by molar-refractivity contribution is 7.91. The Morgan fingerprint density at radius 2 is 2.14 bits per heavy atom. The summed E-state index contributed by atoms with van der Waals surface area (Å²) in [4.78, 5) is 0.268. The zero-order valence-electron chi connectivity index (χ0n) is 7.51. The van der Waals surface area contributed by atoms with Crippen LogP contribution in [0.25, 0.3) is 0 Å². The molecule has 0 saturated carbocycles. The summed E-state index contributed by atoms with van der Waals surface area (Å²) < 4.78 is 28.8. The first-order chi connectivity index (χ1) is 6.63. The average Bonchev–Trinajstić information content (AvgIpc) is 2.17. The van der Waals surface area contributed by atoms with E-state index in [1.165, 1.54) is 0 Å². The van der Waals surface area contributed by atoms with Gasteiger partial charge >= 0.3 is 0 Å². The van der Waals surface area contributed by atoms with Gasteiger partial charge in [-0.15, -0.1) is 0 Å². The maximum atomic E-state index is 11.7. The fraction of sp³-hybridized carbons (Fsp3) is 0.333. The summed E-state index contributed by atoms with van der Waals surface area (Å²) in [5.74, 6) is 0.384. The van der Waals surface area contributed by atoms with Gasteiger partial charge in [-0.3, -0.25) is 0 Å². The molecule has 4 nitrogen and oxygen atoms in total. The average molecular weight is 213 g/mol. The quantitative estimate of drug-likeness (QED) is 0.722. The van der Waals surface area contributed by atoms with Crippen LogP contribution in [-0.4, -0.2) is 26.8 Å². The van der Waals surface area contributed by atoms with Crippen LogP contribution in [0.4, 0.5) is 0 Å². The van der Waals surface area contributed by atoms with Gasteiger partial charge < -0.3 is 10.5 Å². The summed E-state index contributed by atoms with van der Waals surface area (Å²) in [6.07, 6.45) is -0.421. The van der Waals surface area contributed by atoms with Gasteiger partial charge in [-0.1, -0.05) is 12.1 Å². The Hall–Kier alpha value is -1.07. The summed E-state index contributed by atoms with van der Waals surface area (Å²) >= 11 is 0. The van der Waals surface area contributed by atoms with Crippen molar-refractivity contribution in [1.29, 1.82) is 0 Å². The molecule has 76 valence electrons. The minimum absolute atomic E-state index is 0.0273. The topological polar surface area (TPSA) is 69.4 Å². The molecule has 2 N–H and O–H groups in total. The molecule has 1 aromatic carbocycles. The molecule has 14 heavy (non-hydrogen) atoms. The Morgan fingerprint density at radius 1 is 1.43 bits per heavy atom. The van der Waals surface area contributed by atoms with E-state index in [0.717, 1.165) is 0 Å². The Balaban J connectivity index is 2.53. The van der Waals surface area contributed by atoms with Crippen LogP contribution in [0.15, 0.2) is 29.2 Å². The minimum atomic E-state index is -3.21. The SMILES string of the molecule is NCC1CS(=O)(=O)c2ccccc2O1. The smallest absolute Gasteiger partial charge is 0.185 e. The highest BCUT2D eigenvalue weighted by Crippen LogP contribution is 2.29. The summed E-state index contributed by atoms with van der Waals surface area (Å²) in [5.41, 5.74) is 5.39. The lowest BCUT2D eigenvalue weighted by Gasteiger charge is -2.24. The van der Waals surface area contributed by atoms with Crippen molar-refractivity contribution in [1.82, 2.24) is 0 Å². The summed E-state index contributed by atoms with van der Waals surface area (Å²) in [6.45, 7) is 0.216. The Bertz CT molecular complexity index is 441. The summed E-state index contributed by atoms with van der Waals surface area (Å²) in [5, 5.41) is 0. The van der Waals surface area contributed by atoms with Crippen molar-refractivity contribution in [2.24, 2.45) is 5.73 Å². The van der Waals surface area contributed by atoms with E-state index in [9.17, 15) is 8.42 Å². The molecule has 1 heterocycles. The number of para-hydroxylation sites is 1. The first-order valence-electron chi connectivity index (χ1n) is 4.32. The van der Waals surface area contributed by atoms with E-state index in [1.807, 2.05) is 0 Å². The van der Waals surface area contributed by atoms with E-state index in [1.54, 1.807) is 24.3 Å². The lowest BCUT2D eigenvalue weighted by molar-refractivity contribution is 0.218. The van der Waals surface area contributed by atoms with Crippen LogP contribution in [0.5, 0.6) is 5.75 Å². The number of rotatable bonds is 1. The van der Waals surface area contributed by atoms with Crippen LogP contribution in [0, 0.1) is 0 Å². The predicted octanol–water partition coefficient (Wildman–Crippen LogP) is 0.180. The number of sulfone groups is 1. The van der Waals surface area contributed by atoms with Crippen molar-refractivity contribution in [3.05, 3.63) is 24.3 Å². The second-order valence-corrected chi connectivity index (χ2v) is 5.21. The lowest BCUT2D eigenvalue weighted by atomic mass is 10.3. The second kappa shape index (κ2) is 3.25. The molecule has 0 radical (unpaired) electrons. The van der Waals surface area contributed by atoms with E-state index in [4.69, 9.17) is 10.5 Å². The molecule has 2 rings (SSSR count). The lowest BCUT2D eigenvalue weighted by Crippen LogP contribution is -2.37. The maximum Gasteiger partial charge on any atom is 0.185 e. The van der Waals surface area contributed by atoms with Gasteiger partial charge in [-0.05, 0) is 12.1 Å². The van der Waals surface area contributed by atoms with E-state index in [-0.39, 0.29) is 17.2 Å². The molecule has 0 spiro atoms. The molecule has 1 aliphatic rings. The second-order valence-electron chi connectivity index (χ2n) is 3.20. The van der Waals surface area contributed by atoms with Crippen LogP contribution in [0.1, 0.15) is 0 Å². The molecule has 0 saturated heterocycles. The highest BCUT2D eigenvalue weighted by atomic mass is 32.2. The van der Waals surface area contributed by atoms with Gasteiger partial charge in [0.25, 0.3) is 0 Å². The van der Waals surface area contributed by atoms with E-state index in [0.29, 0.717) is 5.75 Å². The summed E-state index contributed by atoms with van der Waals surface area (Å²) in [6, 6.07) is 6.63. The molecule has 1 aromatic rings. The molecule has 0 aromatic heterocycles. The molecule has 0 aliphatic carbocycles. The highest BCUT2D eigenvalue weighted by Gasteiger charge is 2.30. The third-order valence-corrected chi connectivity index (χ3v) is 3.96. The van der Waals surface area contributed by atoms with Crippen molar-refractivity contribution in [3.8, 4) is 5.75 Å². The molecule has 1 atom stereocenters. The van der Waals surface area contributed by atoms with Gasteiger partial charge in [0.15, 0.2) is 9.84 Å². The van der Waals surface area contributed by atoms with Gasteiger partial charge in [-0.25, -0.2) is 8.42 Å². The molecule has 0 fully saturated rings. The fourth-order valence-corrected chi connectivity index (χ4v) is 3.05. The van der Waals surface area contributed by atoms with Crippen LogP contribution in [0.3, 0.4) is 0 Å². The summed E-state index contributed by atoms with van der Waals surface area (Å²) in [7, 11) is -3.21. The number of hydrogen-bond acceptors (Lipinski definition) is 4. The van der Waals surface area contributed by atoms with Crippen LogP contribution in [-0.2, 0) is 9.84 Å². The van der Waals surface area contributed by atoms with Crippen LogP contribution < -0.4 is 10.5 Å². The monoisotopic (exact) mass is 213 g/mol. The Labute approximate surface area is 82.6 Å². The van der Waals surface area contributed by atoms with Gasteiger partial charge in [0.05, 0.1) is 5.75 Å². The first-order valence-corrected chi connectivity index (χ1v) is 5.97. The van der Waals surface area contributed by atoms with Crippen molar-refractivity contribution >= 4 is 9.84 Å². The van der Waals surface area contributed by atoms with E-state index >= 15 is 0 Å². The number of hydrogen-bond donors (Lipinski definition) is 1. The number of fused-ring (bicyclic) bond motifs is 1. The molecule has 1 unspecified atom stereocenters. The van der Waals surface area contributed by atoms with Crippen molar-refractivity contribution in [2.45, 2.75) is 11.0 Å². The third-order valence-electron chi connectivity index (χ3n) is 2.15. The Morgan fingerprint density at radius 3 is 2.86 bits per heavy atom. The number of benzene rings is 1. The molecule has 5 heteroatoms. The van der Waals surface area contributed by atoms with Crippen molar-refractivity contribution in [2.75, 3.05) is 12.3 Å². The zero-order chi connectivity index (χ0) is 10.2. The van der Waals surface area contributed by atoms with Crippen LogP contribution in [0.2, 0.25) is 0 Å². The molecule has 1 aliphatic heterocycles. The minimum Gasteiger partial charge on any atom is -0.487 e. The largest absolute Gasteiger partial charge is 0.487 e. The van der Waals surface area contributed by atoms with E-state index in [2.05, 4.69) is 0 Å². The molecule has 0 amide bonds. The standard InChI is InChI=1S/C9H11NO3S/c10-5-7-6-14(11,12)9-4-2-1-3-8(9)13-7/h1-4,7H,5-6,10H2. The normalized spacial score (nSPS) is 23.6.